The fourth-order valence-corrected chi connectivity index (χ4v) is 1.73. The predicted octanol–water partition coefficient (Wildman–Crippen LogP) is 2.19. The molecule has 1 rings (SSSR count). The lowest BCUT2D eigenvalue weighted by Gasteiger charge is -2.05. The molecule has 0 aromatic heterocycles. The molecule has 0 heterocycles. The van der Waals surface area contributed by atoms with E-state index >= 15 is 0 Å². The van der Waals surface area contributed by atoms with Crippen LogP contribution in [-0.4, -0.2) is 19.0 Å². The fraction of sp³-hybridized carbons (Fsp3) is 0.750. The van der Waals surface area contributed by atoms with Gasteiger partial charge < -0.3 is 11.1 Å². The Morgan fingerprint density at radius 2 is 2.47 bits per heavy atom. The zero-order chi connectivity index (χ0) is 10.9. The summed E-state index contributed by atoms with van der Waals surface area (Å²) in [4.78, 5) is 4.24. The van der Waals surface area contributed by atoms with Crippen LogP contribution < -0.4 is 11.1 Å². The molecule has 86 valence electrons. The van der Waals surface area contributed by atoms with E-state index in [4.69, 9.17) is 5.73 Å². The monoisotopic (exact) mass is 209 g/mol. The molecule has 3 heteroatoms. The predicted molar refractivity (Wildman–Crippen MR) is 66.0 cm³/mol. The first-order valence-electron chi connectivity index (χ1n) is 6.04. The normalized spacial score (nSPS) is 16.6. The van der Waals surface area contributed by atoms with E-state index in [-0.39, 0.29) is 0 Å². The average molecular weight is 209 g/mol. The summed E-state index contributed by atoms with van der Waals surface area (Å²) in [7, 11) is 0. The standard InChI is InChI=1S/C12H23N3/c1-2-3-9-14-12(13)15-10-8-11-6-4-5-7-11/h6H,2-5,7-10H2,1H3,(H3,13,14,15). The molecular weight excluding hydrogens is 186 g/mol. The summed E-state index contributed by atoms with van der Waals surface area (Å²) in [5.74, 6) is 0.599. The zero-order valence-corrected chi connectivity index (χ0v) is 9.76. The minimum absolute atomic E-state index is 0.599. The molecule has 0 aliphatic heterocycles. The lowest BCUT2D eigenvalue weighted by Crippen LogP contribution is -2.32. The first-order chi connectivity index (χ1) is 7.33. The van der Waals surface area contributed by atoms with Gasteiger partial charge in [0.25, 0.3) is 0 Å². The number of nitrogens with zero attached hydrogens (tertiary/aromatic N) is 1. The number of hydrogen-bond donors (Lipinski definition) is 2. The topological polar surface area (TPSA) is 50.4 Å². The van der Waals surface area contributed by atoms with Gasteiger partial charge in [0.1, 0.15) is 0 Å². The van der Waals surface area contributed by atoms with Crippen LogP contribution in [0.2, 0.25) is 0 Å². The highest BCUT2D eigenvalue weighted by molar-refractivity contribution is 5.77. The first kappa shape index (κ1) is 12.1. The van der Waals surface area contributed by atoms with Crippen molar-refractivity contribution >= 4 is 5.96 Å². The Labute approximate surface area is 92.8 Å². The molecule has 0 aromatic rings. The smallest absolute Gasteiger partial charge is 0.188 e. The number of nitrogens with two attached hydrogens (primary N) is 1. The Morgan fingerprint density at radius 3 is 3.13 bits per heavy atom. The van der Waals surface area contributed by atoms with Gasteiger partial charge in [0, 0.05) is 13.1 Å². The van der Waals surface area contributed by atoms with Crippen LogP contribution in [0.15, 0.2) is 16.6 Å². The number of unbranched alkanes of at least 4 members (excludes halogenated alkanes) is 1. The van der Waals surface area contributed by atoms with E-state index in [1.165, 1.54) is 25.7 Å². The number of allylic oxidation sites excluding steroid dienone is 1. The molecule has 0 saturated carbocycles. The van der Waals surface area contributed by atoms with Crippen molar-refractivity contribution in [2.45, 2.75) is 45.4 Å². The second-order valence-corrected chi connectivity index (χ2v) is 4.05. The molecule has 0 aromatic carbocycles. The third-order valence-corrected chi connectivity index (χ3v) is 2.68. The van der Waals surface area contributed by atoms with Crippen LogP contribution in [0.1, 0.15) is 45.4 Å². The number of aliphatic imine (C=N–C) groups is 1. The molecular formula is C12H23N3. The van der Waals surface area contributed by atoms with Gasteiger partial charge in [0.05, 0.1) is 0 Å². The van der Waals surface area contributed by atoms with Crippen LogP contribution >= 0.6 is 0 Å². The SMILES string of the molecule is CCCCN=C(N)NCCC1=CCCC1. The summed E-state index contributed by atoms with van der Waals surface area (Å²) in [5, 5.41) is 3.16. The minimum atomic E-state index is 0.599. The van der Waals surface area contributed by atoms with Crippen LogP contribution in [0.3, 0.4) is 0 Å². The Bertz CT molecular complexity index is 231. The van der Waals surface area contributed by atoms with Gasteiger partial charge in [-0.2, -0.15) is 0 Å². The van der Waals surface area contributed by atoms with E-state index in [0.29, 0.717) is 5.96 Å². The van der Waals surface area contributed by atoms with E-state index in [9.17, 15) is 0 Å². The number of rotatable bonds is 6. The molecule has 0 unspecified atom stereocenters. The van der Waals surface area contributed by atoms with Crippen molar-refractivity contribution < 1.29 is 0 Å². The molecule has 15 heavy (non-hydrogen) atoms. The molecule has 3 N–H and O–H groups in total. The molecule has 0 atom stereocenters. The van der Waals surface area contributed by atoms with Gasteiger partial charge in [-0.15, -0.1) is 0 Å². The maximum absolute atomic E-state index is 5.72. The molecule has 3 nitrogen and oxygen atoms in total. The van der Waals surface area contributed by atoms with Crippen LogP contribution in [0.5, 0.6) is 0 Å². The summed E-state index contributed by atoms with van der Waals surface area (Å²) < 4.78 is 0. The highest BCUT2D eigenvalue weighted by Gasteiger charge is 2.03. The van der Waals surface area contributed by atoms with Crippen LogP contribution in [-0.2, 0) is 0 Å². The van der Waals surface area contributed by atoms with Gasteiger partial charge in [-0.05, 0) is 32.1 Å². The Balaban J connectivity index is 2.05. The number of nitrogens with one attached hydrogen (secondary N) is 1. The highest BCUT2D eigenvalue weighted by Crippen LogP contribution is 2.19. The van der Waals surface area contributed by atoms with Gasteiger partial charge >= 0.3 is 0 Å². The Hall–Kier alpha value is -0.990. The van der Waals surface area contributed by atoms with Crippen molar-refractivity contribution in [3.8, 4) is 0 Å². The lowest BCUT2D eigenvalue weighted by atomic mass is 10.2. The van der Waals surface area contributed by atoms with Gasteiger partial charge in [-0.25, -0.2) is 0 Å². The summed E-state index contributed by atoms with van der Waals surface area (Å²) >= 11 is 0. The van der Waals surface area contributed by atoms with E-state index in [1.54, 1.807) is 5.57 Å². The molecule has 0 saturated heterocycles. The average Bonchev–Trinajstić information content (AvgIpc) is 2.71. The molecule has 1 aliphatic carbocycles. The summed E-state index contributed by atoms with van der Waals surface area (Å²) in [6.07, 6.45) is 9.62. The van der Waals surface area contributed by atoms with Crippen LogP contribution in [0.25, 0.3) is 0 Å². The second-order valence-electron chi connectivity index (χ2n) is 4.05. The van der Waals surface area contributed by atoms with Crippen LogP contribution in [0.4, 0.5) is 0 Å². The van der Waals surface area contributed by atoms with Gasteiger partial charge in [0.15, 0.2) is 5.96 Å². The minimum Gasteiger partial charge on any atom is -0.370 e. The van der Waals surface area contributed by atoms with Crippen molar-refractivity contribution in [1.29, 1.82) is 0 Å². The molecule has 0 fully saturated rings. The maximum Gasteiger partial charge on any atom is 0.188 e. The number of hydrogen-bond acceptors (Lipinski definition) is 1. The lowest BCUT2D eigenvalue weighted by molar-refractivity contribution is 0.780. The fourth-order valence-electron chi connectivity index (χ4n) is 1.73. The third kappa shape index (κ3) is 5.45. The van der Waals surface area contributed by atoms with Crippen molar-refractivity contribution in [1.82, 2.24) is 5.32 Å². The Morgan fingerprint density at radius 1 is 1.60 bits per heavy atom. The van der Waals surface area contributed by atoms with Gasteiger partial charge in [-0.3, -0.25) is 4.99 Å². The van der Waals surface area contributed by atoms with E-state index < -0.39 is 0 Å². The molecule has 0 amide bonds. The summed E-state index contributed by atoms with van der Waals surface area (Å²) in [6, 6.07) is 0. The number of guanidine groups is 1. The molecule has 0 radical (unpaired) electrons. The van der Waals surface area contributed by atoms with E-state index in [1.807, 2.05) is 0 Å². The maximum atomic E-state index is 5.72. The largest absolute Gasteiger partial charge is 0.370 e. The van der Waals surface area contributed by atoms with Crippen molar-refractivity contribution in [3.63, 3.8) is 0 Å². The van der Waals surface area contributed by atoms with Crippen molar-refractivity contribution in [2.24, 2.45) is 10.7 Å². The van der Waals surface area contributed by atoms with E-state index in [2.05, 4.69) is 23.3 Å². The zero-order valence-electron chi connectivity index (χ0n) is 9.76. The Kier molecular flexibility index (Phi) is 5.90. The highest BCUT2D eigenvalue weighted by atomic mass is 15.1. The molecule has 0 spiro atoms. The van der Waals surface area contributed by atoms with Crippen molar-refractivity contribution in [2.75, 3.05) is 13.1 Å². The van der Waals surface area contributed by atoms with Gasteiger partial charge in [0.2, 0.25) is 0 Å². The first-order valence-corrected chi connectivity index (χ1v) is 6.04. The summed E-state index contributed by atoms with van der Waals surface area (Å²) in [6.45, 7) is 3.93. The molecule has 0 bridgehead atoms. The van der Waals surface area contributed by atoms with Crippen LogP contribution in [0, 0.1) is 0 Å². The summed E-state index contributed by atoms with van der Waals surface area (Å²) in [5.41, 5.74) is 7.29. The quantitative estimate of drug-likeness (QED) is 0.305. The van der Waals surface area contributed by atoms with E-state index in [0.717, 1.165) is 25.9 Å². The second kappa shape index (κ2) is 7.32. The third-order valence-electron chi connectivity index (χ3n) is 2.68. The van der Waals surface area contributed by atoms with Gasteiger partial charge in [-0.1, -0.05) is 25.0 Å². The molecule has 1 aliphatic rings. The van der Waals surface area contributed by atoms with Crippen molar-refractivity contribution in [3.05, 3.63) is 11.6 Å².